The topological polar surface area (TPSA) is 39.1 Å². The van der Waals surface area contributed by atoms with E-state index in [4.69, 9.17) is 4.74 Å². The zero-order valence-corrected chi connectivity index (χ0v) is 12.8. The maximum absolute atomic E-state index is 6.36. The fourth-order valence-corrected chi connectivity index (χ4v) is 3.89. The Bertz CT molecular complexity index is 433. The van der Waals surface area contributed by atoms with E-state index in [0.717, 1.165) is 13.0 Å². The molecular formula is C16H27N3O. The molecule has 4 heteroatoms. The summed E-state index contributed by atoms with van der Waals surface area (Å²) in [5, 5.41) is 7.84. The van der Waals surface area contributed by atoms with E-state index in [9.17, 15) is 0 Å². The molecule has 1 aliphatic heterocycles. The van der Waals surface area contributed by atoms with Gasteiger partial charge in [-0.2, -0.15) is 5.10 Å². The Morgan fingerprint density at radius 2 is 2.25 bits per heavy atom. The van der Waals surface area contributed by atoms with E-state index in [1.165, 1.54) is 44.1 Å². The third-order valence-corrected chi connectivity index (χ3v) is 5.06. The van der Waals surface area contributed by atoms with Crippen molar-refractivity contribution >= 4 is 0 Å². The molecule has 1 aliphatic carbocycles. The molecule has 1 aromatic rings. The van der Waals surface area contributed by atoms with Crippen LogP contribution in [0.25, 0.3) is 0 Å². The van der Waals surface area contributed by atoms with Crippen molar-refractivity contribution in [2.24, 2.45) is 0 Å². The summed E-state index contributed by atoms with van der Waals surface area (Å²) in [5.74, 6) is 0. The standard InChI is InChI=1S/C16H27N3O/c1-3-15(17-2)13-10-18-19(11-13)12-14-6-9-16(20-14)7-4-5-8-16/h10-11,14-15,17H,3-9,12H2,1-2H3. The SMILES string of the molecule is CCC(NC)c1cnn(CC2CCC3(CCCC3)O2)c1. The van der Waals surface area contributed by atoms with E-state index in [1.54, 1.807) is 0 Å². The van der Waals surface area contributed by atoms with Gasteiger partial charge in [0.15, 0.2) is 0 Å². The third kappa shape index (κ3) is 2.77. The van der Waals surface area contributed by atoms with E-state index in [1.807, 2.05) is 13.2 Å². The van der Waals surface area contributed by atoms with Crippen LogP contribution in [-0.2, 0) is 11.3 Å². The van der Waals surface area contributed by atoms with Crippen LogP contribution in [0.4, 0.5) is 0 Å². The highest BCUT2D eigenvalue weighted by molar-refractivity contribution is 5.10. The lowest BCUT2D eigenvalue weighted by molar-refractivity contribution is -0.0429. The molecule has 0 bridgehead atoms. The number of aromatic nitrogens is 2. The fourth-order valence-electron chi connectivity index (χ4n) is 3.89. The van der Waals surface area contributed by atoms with Gasteiger partial charge < -0.3 is 10.1 Å². The quantitative estimate of drug-likeness (QED) is 0.899. The van der Waals surface area contributed by atoms with Gasteiger partial charge in [0.2, 0.25) is 0 Å². The minimum atomic E-state index is 0.234. The van der Waals surface area contributed by atoms with Crippen molar-refractivity contribution < 1.29 is 4.74 Å². The van der Waals surface area contributed by atoms with Crippen LogP contribution < -0.4 is 5.32 Å². The minimum absolute atomic E-state index is 0.234. The molecule has 2 atom stereocenters. The van der Waals surface area contributed by atoms with Gasteiger partial charge in [-0.15, -0.1) is 0 Å². The summed E-state index contributed by atoms with van der Waals surface area (Å²) < 4.78 is 8.42. The summed E-state index contributed by atoms with van der Waals surface area (Å²) in [6, 6.07) is 0.412. The van der Waals surface area contributed by atoms with Crippen molar-refractivity contribution in [3.8, 4) is 0 Å². The Labute approximate surface area is 121 Å². The second-order valence-corrected chi connectivity index (χ2v) is 6.41. The lowest BCUT2D eigenvalue weighted by Crippen LogP contribution is -2.26. The summed E-state index contributed by atoms with van der Waals surface area (Å²) in [5.41, 5.74) is 1.51. The van der Waals surface area contributed by atoms with Gasteiger partial charge >= 0.3 is 0 Å². The van der Waals surface area contributed by atoms with Crippen molar-refractivity contribution in [3.05, 3.63) is 18.0 Å². The smallest absolute Gasteiger partial charge is 0.0779 e. The van der Waals surface area contributed by atoms with Crippen LogP contribution in [0.3, 0.4) is 0 Å². The second kappa shape index (κ2) is 5.86. The van der Waals surface area contributed by atoms with Crippen LogP contribution in [0, 0.1) is 0 Å². The predicted molar refractivity (Wildman–Crippen MR) is 79.6 cm³/mol. The maximum atomic E-state index is 6.36. The first kappa shape index (κ1) is 14.1. The Kier molecular flexibility index (Phi) is 4.13. The van der Waals surface area contributed by atoms with Gasteiger partial charge in [-0.25, -0.2) is 0 Å². The average molecular weight is 277 g/mol. The van der Waals surface area contributed by atoms with Gasteiger partial charge in [0.05, 0.1) is 24.4 Å². The first-order valence-corrected chi connectivity index (χ1v) is 8.12. The Morgan fingerprint density at radius 1 is 1.45 bits per heavy atom. The van der Waals surface area contributed by atoms with Gasteiger partial charge in [-0.3, -0.25) is 4.68 Å². The van der Waals surface area contributed by atoms with Crippen molar-refractivity contribution in [2.45, 2.75) is 76.2 Å². The van der Waals surface area contributed by atoms with E-state index in [-0.39, 0.29) is 5.60 Å². The van der Waals surface area contributed by atoms with Crippen molar-refractivity contribution in [2.75, 3.05) is 7.05 Å². The number of nitrogens with one attached hydrogen (secondary N) is 1. The molecule has 3 rings (SSSR count). The Morgan fingerprint density at radius 3 is 2.95 bits per heavy atom. The molecule has 0 aromatic carbocycles. The molecule has 1 spiro atoms. The van der Waals surface area contributed by atoms with Crippen LogP contribution in [0.5, 0.6) is 0 Å². The van der Waals surface area contributed by atoms with Gasteiger partial charge in [0, 0.05) is 17.8 Å². The van der Waals surface area contributed by atoms with Crippen molar-refractivity contribution in [3.63, 3.8) is 0 Å². The van der Waals surface area contributed by atoms with Gasteiger partial charge in [-0.1, -0.05) is 19.8 Å². The lowest BCUT2D eigenvalue weighted by atomic mass is 9.98. The molecule has 2 heterocycles. The summed E-state index contributed by atoms with van der Waals surface area (Å²) >= 11 is 0. The number of rotatable bonds is 5. The van der Waals surface area contributed by atoms with Gasteiger partial charge in [0.1, 0.15) is 0 Å². The summed E-state index contributed by atoms with van der Waals surface area (Å²) in [7, 11) is 2.01. The summed E-state index contributed by atoms with van der Waals surface area (Å²) in [4.78, 5) is 0. The van der Waals surface area contributed by atoms with Crippen LogP contribution in [-0.4, -0.2) is 28.5 Å². The minimum Gasteiger partial charge on any atom is -0.370 e. The van der Waals surface area contributed by atoms with E-state index in [2.05, 4.69) is 28.2 Å². The number of nitrogens with zero attached hydrogens (tertiary/aromatic N) is 2. The van der Waals surface area contributed by atoms with E-state index in [0.29, 0.717) is 12.1 Å². The number of hydrogen-bond donors (Lipinski definition) is 1. The van der Waals surface area contributed by atoms with Crippen molar-refractivity contribution in [1.82, 2.24) is 15.1 Å². The molecule has 1 saturated heterocycles. The summed E-state index contributed by atoms with van der Waals surface area (Å²) in [6.07, 6.45) is 13.3. The molecule has 20 heavy (non-hydrogen) atoms. The van der Waals surface area contributed by atoms with Crippen LogP contribution in [0.1, 0.15) is 63.5 Å². The first-order chi connectivity index (χ1) is 9.74. The van der Waals surface area contributed by atoms with Crippen LogP contribution in [0.2, 0.25) is 0 Å². The zero-order chi connectivity index (χ0) is 14.0. The van der Waals surface area contributed by atoms with Gasteiger partial charge in [0.25, 0.3) is 0 Å². The zero-order valence-electron chi connectivity index (χ0n) is 12.8. The summed E-state index contributed by atoms with van der Waals surface area (Å²) in [6.45, 7) is 3.10. The monoisotopic (exact) mass is 277 g/mol. The van der Waals surface area contributed by atoms with Crippen LogP contribution >= 0.6 is 0 Å². The molecule has 1 saturated carbocycles. The first-order valence-electron chi connectivity index (χ1n) is 8.12. The molecule has 0 amide bonds. The second-order valence-electron chi connectivity index (χ2n) is 6.41. The molecule has 2 aliphatic rings. The molecular weight excluding hydrogens is 250 g/mol. The van der Waals surface area contributed by atoms with Crippen molar-refractivity contribution in [1.29, 1.82) is 0 Å². The van der Waals surface area contributed by atoms with E-state index < -0.39 is 0 Å². The third-order valence-electron chi connectivity index (χ3n) is 5.06. The highest BCUT2D eigenvalue weighted by Gasteiger charge is 2.42. The normalized spacial score (nSPS) is 26.4. The molecule has 112 valence electrons. The predicted octanol–water partition coefficient (Wildman–Crippen LogP) is 3.05. The molecule has 1 N–H and O–H groups in total. The highest BCUT2D eigenvalue weighted by Crippen LogP contribution is 2.43. The number of ether oxygens (including phenoxy) is 1. The molecule has 2 fully saturated rings. The van der Waals surface area contributed by atoms with E-state index >= 15 is 0 Å². The number of hydrogen-bond acceptors (Lipinski definition) is 3. The molecule has 2 unspecified atom stereocenters. The highest BCUT2D eigenvalue weighted by atomic mass is 16.5. The molecule has 0 radical (unpaired) electrons. The Hall–Kier alpha value is -0.870. The Balaban J connectivity index is 1.59. The molecule has 4 nitrogen and oxygen atoms in total. The van der Waals surface area contributed by atoms with Crippen LogP contribution in [0.15, 0.2) is 12.4 Å². The molecule has 1 aromatic heterocycles. The largest absolute Gasteiger partial charge is 0.370 e. The lowest BCUT2D eigenvalue weighted by Gasteiger charge is -2.23. The maximum Gasteiger partial charge on any atom is 0.0779 e. The van der Waals surface area contributed by atoms with Gasteiger partial charge in [-0.05, 0) is 39.2 Å². The fraction of sp³-hybridized carbons (Fsp3) is 0.812. The average Bonchev–Trinajstić information content (AvgIpc) is 3.17.